The van der Waals surface area contributed by atoms with Crippen molar-refractivity contribution in [1.82, 2.24) is 25.5 Å². The number of carboxylic acid groups (broad SMARTS) is 2. The van der Waals surface area contributed by atoms with Crippen LogP contribution >= 0.6 is 0 Å². The molecular formula is C25H20N6O5. The summed E-state index contributed by atoms with van der Waals surface area (Å²) >= 11 is 0. The number of carbonyl (C=O) groups is 2. The molecule has 0 bridgehead atoms. The molecule has 1 aromatic heterocycles. The van der Waals surface area contributed by atoms with Gasteiger partial charge in [0.1, 0.15) is 17.0 Å². The predicted octanol–water partition coefficient (Wildman–Crippen LogP) is 3.21. The van der Waals surface area contributed by atoms with Gasteiger partial charge >= 0.3 is 11.9 Å². The van der Waals surface area contributed by atoms with Crippen LogP contribution in [0, 0.1) is 0 Å². The molecule has 0 amide bonds. The molecule has 1 aliphatic rings. The number of nitrogens with zero attached hydrogens (tertiary/aromatic N) is 5. The fraction of sp³-hybridized carbons (Fsp3) is 0.0400. The summed E-state index contributed by atoms with van der Waals surface area (Å²) in [6.07, 6.45) is 3.59. The molecule has 5 rings (SSSR count). The zero-order valence-corrected chi connectivity index (χ0v) is 18.9. The molecule has 11 heteroatoms. The standard InChI is InChI=1S/C25H20N6O5/c1-29-22(14-31(28-29)18-7-5-15(6-8-18)24(33)34)17-4-2-3-16(11-17)21-13-30(27-26-21)19-9-10-20(25(35)36)23(32)12-19/h2-14,28,32H,1H3,(H,33,34)(H,35,36). The van der Waals surface area contributed by atoms with Crippen LogP contribution in [0.25, 0.3) is 22.6 Å². The Morgan fingerprint density at radius 3 is 2.31 bits per heavy atom. The van der Waals surface area contributed by atoms with Crippen molar-refractivity contribution < 1.29 is 24.9 Å². The fourth-order valence-electron chi connectivity index (χ4n) is 3.82. The van der Waals surface area contributed by atoms with Crippen molar-refractivity contribution in [3.8, 4) is 22.7 Å². The normalized spacial score (nSPS) is 13.1. The van der Waals surface area contributed by atoms with Gasteiger partial charge in [0.05, 0.1) is 28.8 Å². The molecule has 1 aliphatic heterocycles. The number of nitrogens with one attached hydrogen (secondary N) is 1. The van der Waals surface area contributed by atoms with E-state index in [1.807, 2.05) is 42.5 Å². The van der Waals surface area contributed by atoms with Gasteiger partial charge in [-0.05, 0) is 42.5 Å². The van der Waals surface area contributed by atoms with Crippen LogP contribution < -0.4 is 10.5 Å². The molecule has 11 nitrogen and oxygen atoms in total. The zero-order valence-electron chi connectivity index (χ0n) is 18.9. The molecule has 0 fully saturated rings. The number of aromatic nitrogens is 3. The van der Waals surface area contributed by atoms with Gasteiger partial charge in [-0.3, -0.25) is 10.0 Å². The summed E-state index contributed by atoms with van der Waals surface area (Å²) in [6.45, 7) is 0. The molecule has 0 radical (unpaired) electrons. The summed E-state index contributed by atoms with van der Waals surface area (Å²) in [5, 5.41) is 40.2. The van der Waals surface area contributed by atoms with Crippen molar-refractivity contribution in [3.05, 3.63) is 95.8 Å². The van der Waals surface area contributed by atoms with Gasteiger partial charge in [-0.1, -0.05) is 23.4 Å². The van der Waals surface area contributed by atoms with E-state index >= 15 is 0 Å². The highest BCUT2D eigenvalue weighted by Crippen LogP contribution is 2.29. The zero-order chi connectivity index (χ0) is 25.4. The highest BCUT2D eigenvalue weighted by molar-refractivity contribution is 5.91. The first-order valence-corrected chi connectivity index (χ1v) is 10.7. The van der Waals surface area contributed by atoms with E-state index in [1.165, 1.54) is 16.8 Å². The number of rotatable bonds is 6. The van der Waals surface area contributed by atoms with Crippen molar-refractivity contribution >= 4 is 23.3 Å². The van der Waals surface area contributed by atoms with Gasteiger partial charge in [0, 0.05) is 30.4 Å². The number of phenols is 1. The highest BCUT2D eigenvalue weighted by atomic mass is 16.4. The first-order valence-electron chi connectivity index (χ1n) is 10.7. The number of hydrazine groups is 2. The van der Waals surface area contributed by atoms with Crippen LogP contribution in [0.1, 0.15) is 26.3 Å². The van der Waals surface area contributed by atoms with Crippen molar-refractivity contribution in [3.63, 3.8) is 0 Å². The van der Waals surface area contributed by atoms with E-state index < -0.39 is 11.9 Å². The maximum absolute atomic E-state index is 11.1. The van der Waals surface area contributed by atoms with Gasteiger partial charge < -0.3 is 15.3 Å². The van der Waals surface area contributed by atoms with Crippen LogP contribution in [-0.4, -0.2) is 54.3 Å². The Bertz CT molecular complexity index is 1510. The summed E-state index contributed by atoms with van der Waals surface area (Å²) < 4.78 is 1.46. The molecule has 0 saturated carbocycles. The fourth-order valence-corrected chi connectivity index (χ4v) is 3.82. The maximum atomic E-state index is 11.1. The molecule has 4 aromatic rings. The number of hydrogen-bond donors (Lipinski definition) is 4. The van der Waals surface area contributed by atoms with Gasteiger partial charge in [0.2, 0.25) is 0 Å². The van der Waals surface area contributed by atoms with Gasteiger partial charge in [0.25, 0.3) is 0 Å². The Kier molecular flexibility index (Phi) is 5.59. The first-order chi connectivity index (χ1) is 17.3. The van der Waals surface area contributed by atoms with Gasteiger partial charge in [-0.15, -0.1) is 10.6 Å². The number of carboxylic acids is 2. The number of aromatic carboxylic acids is 2. The largest absolute Gasteiger partial charge is 0.507 e. The topological polar surface area (TPSA) is 144 Å². The van der Waals surface area contributed by atoms with E-state index in [9.17, 15) is 14.7 Å². The van der Waals surface area contributed by atoms with Gasteiger partial charge in [0.15, 0.2) is 0 Å². The summed E-state index contributed by atoms with van der Waals surface area (Å²) in [6, 6.07) is 18.4. The Labute approximate surface area is 204 Å². The van der Waals surface area contributed by atoms with Gasteiger partial charge in [-0.2, -0.15) is 0 Å². The molecule has 0 atom stereocenters. The lowest BCUT2D eigenvalue weighted by atomic mass is 10.1. The van der Waals surface area contributed by atoms with Crippen LogP contribution in [0.5, 0.6) is 5.75 Å². The number of aromatic hydroxyl groups is 1. The second-order valence-electron chi connectivity index (χ2n) is 8.03. The van der Waals surface area contributed by atoms with E-state index in [1.54, 1.807) is 41.5 Å². The molecule has 180 valence electrons. The van der Waals surface area contributed by atoms with E-state index in [2.05, 4.69) is 15.8 Å². The SMILES string of the molecule is CN1NN(c2ccc(C(=O)O)cc2)C=C1c1cccc(-c2cn(-c3ccc(C(=O)O)c(O)c3)nn2)c1. The molecule has 3 aromatic carbocycles. The molecule has 0 aliphatic carbocycles. The predicted molar refractivity (Wildman–Crippen MR) is 130 cm³/mol. The lowest BCUT2D eigenvalue weighted by molar-refractivity contribution is 0.0684. The minimum absolute atomic E-state index is 0.193. The first kappa shape index (κ1) is 22.6. The Morgan fingerprint density at radius 1 is 0.889 bits per heavy atom. The highest BCUT2D eigenvalue weighted by Gasteiger charge is 2.21. The Morgan fingerprint density at radius 2 is 1.61 bits per heavy atom. The Balaban J connectivity index is 1.41. The quantitative estimate of drug-likeness (QED) is 0.322. The van der Waals surface area contributed by atoms with Crippen LogP contribution in [0.3, 0.4) is 0 Å². The minimum Gasteiger partial charge on any atom is -0.507 e. The second kappa shape index (κ2) is 8.89. The number of hydrogen-bond acceptors (Lipinski definition) is 8. The molecule has 0 saturated heterocycles. The van der Waals surface area contributed by atoms with Crippen molar-refractivity contribution in [2.45, 2.75) is 0 Å². The molecule has 2 heterocycles. The van der Waals surface area contributed by atoms with E-state index in [-0.39, 0.29) is 16.9 Å². The lowest BCUT2D eigenvalue weighted by Crippen LogP contribution is -2.37. The summed E-state index contributed by atoms with van der Waals surface area (Å²) in [7, 11) is 1.87. The maximum Gasteiger partial charge on any atom is 0.339 e. The molecular weight excluding hydrogens is 464 g/mol. The van der Waals surface area contributed by atoms with Crippen molar-refractivity contribution in [2.75, 3.05) is 12.1 Å². The molecule has 36 heavy (non-hydrogen) atoms. The average Bonchev–Trinajstić information content (AvgIpc) is 3.51. The summed E-state index contributed by atoms with van der Waals surface area (Å²) in [5.74, 6) is -2.55. The van der Waals surface area contributed by atoms with Crippen LogP contribution in [0.4, 0.5) is 5.69 Å². The monoisotopic (exact) mass is 484 g/mol. The number of anilines is 1. The van der Waals surface area contributed by atoms with Crippen molar-refractivity contribution in [2.24, 2.45) is 0 Å². The number of benzene rings is 3. The molecule has 4 N–H and O–H groups in total. The molecule has 0 spiro atoms. The van der Waals surface area contributed by atoms with Crippen LogP contribution in [-0.2, 0) is 0 Å². The van der Waals surface area contributed by atoms with Crippen molar-refractivity contribution in [1.29, 1.82) is 0 Å². The van der Waals surface area contributed by atoms with Crippen LogP contribution in [0.2, 0.25) is 0 Å². The Hall–Kier alpha value is -5.16. The molecule has 0 unspecified atom stereocenters. The average molecular weight is 484 g/mol. The third-order valence-electron chi connectivity index (χ3n) is 5.69. The summed E-state index contributed by atoms with van der Waals surface area (Å²) in [5.41, 5.74) is 7.65. The van der Waals surface area contributed by atoms with Crippen LogP contribution in [0.15, 0.2) is 79.1 Å². The smallest absolute Gasteiger partial charge is 0.339 e. The third kappa shape index (κ3) is 4.21. The third-order valence-corrected chi connectivity index (χ3v) is 5.69. The van der Waals surface area contributed by atoms with E-state index in [0.717, 1.165) is 22.5 Å². The minimum atomic E-state index is -1.22. The van der Waals surface area contributed by atoms with E-state index in [4.69, 9.17) is 10.2 Å². The van der Waals surface area contributed by atoms with Gasteiger partial charge in [-0.25, -0.2) is 14.3 Å². The summed E-state index contributed by atoms with van der Waals surface area (Å²) in [4.78, 5) is 22.2. The second-order valence-corrected chi connectivity index (χ2v) is 8.03. The van der Waals surface area contributed by atoms with E-state index in [0.29, 0.717) is 11.4 Å². The lowest BCUT2D eigenvalue weighted by Gasteiger charge is -2.21.